The van der Waals surface area contributed by atoms with E-state index >= 15 is 0 Å². The maximum absolute atomic E-state index is 11.9. The molecule has 1 aliphatic rings. The number of nitrogens with one attached hydrogen (secondary N) is 2. The predicted octanol–water partition coefficient (Wildman–Crippen LogP) is 0.193. The Balaban J connectivity index is 2.06. The van der Waals surface area contributed by atoms with Gasteiger partial charge >= 0.3 is 10.2 Å². The Labute approximate surface area is 94.4 Å². The lowest BCUT2D eigenvalue weighted by atomic mass is 10.0. The maximum Gasteiger partial charge on any atom is 0.303 e. The summed E-state index contributed by atoms with van der Waals surface area (Å²) in [6, 6.07) is 0. The van der Waals surface area contributed by atoms with Gasteiger partial charge in [-0.25, -0.2) is 9.82 Å². The second-order valence-electron chi connectivity index (χ2n) is 4.05. The number of aromatic nitrogens is 3. The maximum atomic E-state index is 11.9. The van der Waals surface area contributed by atoms with Gasteiger partial charge in [0, 0.05) is 13.1 Å². The SMILES string of the molecule is CC1CCCN(S(=O)(=O)Nc2ncn[nH]2)C1. The lowest BCUT2D eigenvalue weighted by Gasteiger charge is -2.29. The lowest BCUT2D eigenvalue weighted by molar-refractivity contribution is 0.282. The number of rotatable bonds is 3. The molecule has 16 heavy (non-hydrogen) atoms. The summed E-state index contributed by atoms with van der Waals surface area (Å²) in [5.41, 5.74) is 0. The summed E-state index contributed by atoms with van der Waals surface area (Å²) >= 11 is 0. The first-order valence-electron chi connectivity index (χ1n) is 5.21. The van der Waals surface area contributed by atoms with E-state index in [2.05, 4.69) is 26.8 Å². The van der Waals surface area contributed by atoms with Crippen molar-refractivity contribution < 1.29 is 8.42 Å². The van der Waals surface area contributed by atoms with Crippen LogP contribution >= 0.6 is 0 Å². The lowest BCUT2D eigenvalue weighted by Crippen LogP contribution is -2.42. The molecule has 1 unspecified atom stereocenters. The van der Waals surface area contributed by atoms with Crippen molar-refractivity contribution in [1.82, 2.24) is 19.5 Å². The average molecular weight is 245 g/mol. The molecule has 1 fully saturated rings. The van der Waals surface area contributed by atoms with Gasteiger partial charge in [-0.1, -0.05) is 6.92 Å². The van der Waals surface area contributed by atoms with Gasteiger partial charge in [0.05, 0.1) is 0 Å². The molecule has 2 heterocycles. The third-order valence-corrected chi connectivity index (χ3v) is 4.06. The minimum absolute atomic E-state index is 0.151. The molecular weight excluding hydrogens is 230 g/mol. The number of piperidine rings is 1. The van der Waals surface area contributed by atoms with Crippen molar-refractivity contribution in [3.05, 3.63) is 6.33 Å². The summed E-state index contributed by atoms with van der Waals surface area (Å²) in [5.74, 6) is 0.554. The van der Waals surface area contributed by atoms with Gasteiger partial charge in [0.15, 0.2) is 0 Å². The molecule has 2 rings (SSSR count). The smallest absolute Gasteiger partial charge is 0.245 e. The van der Waals surface area contributed by atoms with Gasteiger partial charge in [-0.2, -0.15) is 22.8 Å². The largest absolute Gasteiger partial charge is 0.303 e. The molecule has 2 N–H and O–H groups in total. The zero-order chi connectivity index (χ0) is 11.6. The Kier molecular flexibility index (Phi) is 3.10. The quantitative estimate of drug-likeness (QED) is 0.795. The second-order valence-corrected chi connectivity index (χ2v) is 5.72. The molecule has 0 spiro atoms. The average Bonchev–Trinajstić information content (AvgIpc) is 2.70. The highest BCUT2D eigenvalue weighted by atomic mass is 32.2. The van der Waals surface area contributed by atoms with Gasteiger partial charge in [-0.05, 0) is 18.8 Å². The van der Waals surface area contributed by atoms with E-state index in [1.54, 1.807) is 0 Å². The van der Waals surface area contributed by atoms with Crippen LogP contribution in [0.25, 0.3) is 0 Å². The van der Waals surface area contributed by atoms with Crippen LogP contribution in [0.1, 0.15) is 19.8 Å². The molecule has 0 radical (unpaired) electrons. The molecule has 8 heteroatoms. The highest BCUT2D eigenvalue weighted by Gasteiger charge is 2.27. The van der Waals surface area contributed by atoms with E-state index in [-0.39, 0.29) is 5.95 Å². The first-order valence-corrected chi connectivity index (χ1v) is 6.65. The van der Waals surface area contributed by atoms with Crippen molar-refractivity contribution in [3.8, 4) is 0 Å². The zero-order valence-electron chi connectivity index (χ0n) is 9.05. The number of hydrogen-bond acceptors (Lipinski definition) is 4. The van der Waals surface area contributed by atoms with Crippen molar-refractivity contribution in [3.63, 3.8) is 0 Å². The van der Waals surface area contributed by atoms with Crippen LogP contribution in [0.3, 0.4) is 0 Å². The fraction of sp³-hybridized carbons (Fsp3) is 0.750. The molecule has 0 aliphatic carbocycles. The van der Waals surface area contributed by atoms with E-state index in [4.69, 9.17) is 0 Å². The van der Waals surface area contributed by atoms with Crippen LogP contribution in [0.5, 0.6) is 0 Å². The fourth-order valence-electron chi connectivity index (χ4n) is 1.81. The number of H-pyrrole nitrogens is 1. The standard InChI is InChI=1S/C8H15N5O2S/c1-7-3-2-4-13(5-7)16(14,15)12-8-9-6-10-11-8/h6-7H,2-5H2,1H3,(H2,9,10,11,12). The Morgan fingerprint density at radius 2 is 2.44 bits per heavy atom. The van der Waals surface area contributed by atoms with Crippen LogP contribution in [0.4, 0.5) is 5.95 Å². The Morgan fingerprint density at radius 1 is 1.62 bits per heavy atom. The van der Waals surface area contributed by atoms with Crippen LogP contribution in [0.15, 0.2) is 6.33 Å². The monoisotopic (exact) mass is 245 g/mol. The number of nitrogens with zero attached hydrogens (tertiary/aromatic N) is 3. The Hall–Kier alpha value is -1.15. The van der Waals surface area contributed by atoms with E-state index in [9.17, 15) is 8.42 Å². The Bertz CT molecular complexity index is 429. The highest BCUT2D eigenvalue weighted by Crippen LogP contribution is 2.18. The van der Waals surface area contributed by atoms with Gasteiger partial charge in [0.1, 0.15) is 6.33 Å². The van der Waals surface area contributed by atoms with Crippen molar-refractivity contribution in [2.24, 2.45) is 5.92 Å². The molecule has 0 saturated carbocycles. The molecule has 1 aromatic heterocycles. The first kappa shape index (κ1) is 11.3. The van der Waals surface area contributed by atoms with Gasteiger partial charge in [0.25, 0.3) is 0 Å². The van der Waals surface area contributed by atoms with Crippen molar-refractivity contribution >= 4 is 16.2 Å². The minimum Gasteiger partial charge on any atom is -0.245 e. The molecule has 7 nitrogen and oxygen atoms in total. The molecule has 0 amide bonds. The van der Waals surface area contributed by atoms with Crippen LogP contribution in [-0.4, -0.2) is 41.0 Å². The molecule has 0 bridgehead atoms. The van der Waals surface area contributed by atoms with Crippen LogP contribution in [-0.2, 0) is 10.2 Å². The van der Waals surface area contributed by atoms with Crippen molar-refractivity contribution in [2.75, 3.05) is 17.8 Å². The number of aromatic amines is 1. The predicted molar refractivity (Wildman–Crippen MR) is 58.9 cm³/mol. The summed E-state index contributed by atoms with van der Waals surface area (Å²) in [4.78, 5) is 3.73. The number of hydrogen-bond donors (Lipinski definition) is 2. The van der Waals surface area contributed by atoms with Gasteiger partial charge in [-0.3, -0.25) is 0 Å². The van der Waals surface area contributed by atoms with Crippen LogP contribution < -0.4 is 4.72 Å². The second kappa shape index (κ2) is 4.38. The summed E-state index contributed by atoms with van der Waals surface area (Å²) in [6.45, 7) is 3.17. The van der Waals surface area contributed by atoms with E-state index in [1.165, 1.54) is 10.6 Å². The molecule has 0 aromatic carbocycles. The molecule has 1 saturated heterocycles. The van der Waals surface area contributed by atoms with Crippen molar-refractivity contribution in [1.29, 1.82) is 0 Å². The van der Waals surface area contributed by atoms with Crippen LogP contribution in [0, 0.1) is 5.92 Å². The third-order valence-electron chi connectivity index (χ3n) is 2.60. The van der Waals surface area contributed by atoms with Crippen molar-refractivity contribution in [2.45, 2.75) is 19.8 Å². The topological polar surface area (TPSA) is 91.0 Å². The van der Waals surface area contributed by atoms with E-state index in [0.29, 0.717) is 19.0 Å². The minimum atomic E-state index is -3.49. The molecular formula is C8H15N5O2S. The van der Waals surface area contributed by atoms with Gasteiger partial charge < -0.3 is 0 Å². The fourth-order valence-corrected chi connectivity index (χ4v) is 3.10. The molecule has 1 aromatic rings. The third kappa shape index (κ3) is 2.50. The van der Waals surface area contributed by atoms with Crippen LogP contribution in [0.2, 0.25) is 0 Å². The summed E-state index contributed by atoms with van der Waals surface area (Å²) in [6.07, 6.45) is 3.24. The highest BCUT2D eigenvalue weighted by molar-refractivity contribution is 7.90. The van der Waals surface area contributed by atoms with E-state index in [1.807, 2.05) is 0 Å². The normalized spacial score (nSPS) is 23.2. The first-order chi connectivity index (χ1) is 7.58. The zero-order valence-corrected chi connectivity index (χ0v) is 9.87. The summed E-state index contributed by atoms with van der Waals surface area (Å²) in [7, 11) is -3.49. The Morgan fingerprint density at radius 3 is 3.06 bits per heavy atom. The summed E-state index contributed by atoms with van der Waals surface area (Å²) in [5, 5.41) is 6.05. The molecule has 1 atom stereocenters. The molecule has 90 valence electrons. The van der Waals surface area contributed by atoms with E-state index < -0.39 is 10.2 Å². The van der Waals surface area contributed by atoms with Gasteiger partial charge in [0.2, 0.25) is 5.95 Å². The van der Waals surface area contributed by atoms with E-state index in [0.717, 1.165) is 12.8 Å². The number of anilines is 1. The molecule has 1 aliphatic heterocycles. The summed E-state index contributed by atoms with van der Waals surface area (Å²) < 4.78 is 27.7. The van der Waals surface area contributed by atoms with Gasteiger partial charge in [-0.15, -0.1) is 0 Å².